The monoisotopic (exact) mass is 206 g/mol. The molecule has 0 nitrogen and oxygen atoms in total. The average molecular weight is 207 g/mol. The summed E-state index contributed by atoms with van der Waals surface area (Å²) in [5.74, 6) is 0. The van der Waals surface area contributed by atoms with Crippen LogP contribution in [0.5, 0.6) is 0 Å². The minimum absolute atomic E-state index is 0. The van der Waals surface area contributed by atoms with Crippen LogP contribution in [0.15, 0.2) is 0 Å². The van der Waals surface area contributed by atoms with Crippen LogP contribution in [0.25, 0.3) is 0 Å². The molecule has 0 atom stereocenters. The maximum Gasteiger partial charge on any atom is 3.00 e. The summed E-state index contributed by atoms with van der Waals surface area (Å²) in [5, 5.41) is 0. The Morgan fingerprint density at radius 1 is 1.00 bits per heavy atom. The predicted molar refractivity (Wildman–Crippen MR) is 7.37 cm³/mol. The molecule has 0 heterocycles. The standard InChI is InChI=1S/Co.Cr.Cu.S/q+2;+3;+2;-2. The fraction of sp³-hybridized carbons (Fsp3) is 0. The van der Waals surface area contributed by atoms with Crippen molar-refractivity contribution in [1.82, 2.24) is 0 Å². The Balaban J connectivity index is 0. The van der Waals surface area contributed by atoms with Gasteiger partial charge in [-0.05, 0) is 0 Å². The second-order valence-corrected chi connectivity index (χ2v) is 0. The normalized spacial score (nSPS) is 0. The van der Waals surface area contributed by atoms with Crippen LogP contribution in [0.1, 0.15) is 0 Å². The van der Waals surface area contributed by atoms with Crippen molar-refractivity contribution in [3.63, 3.8) is 0 Å². The van der Waals surface area contributed by atoms with Crippen LogP contribution in [0, 0.1) is 0 Å². The van der Waals surface area contributed by atoms with Crippen molar-refractivity contribution in [2.24, 2.45) is 0 Å². The third kappa shape index (κ3) is 9.08. The van der Waals surface area contributed by atoms with E-state index in [4.69, 9.17) is 0 Å². The molecular weight excluding hydrogens is 207 g/mol. The molecule has 4 heavy (non-hydrogen) atoms. The van der Waals surface area contributed by atoms with Crippen LogP contribution in [-0.2, 0) is 64.7 Å². The minimum Gasteiger partial charge on any atom is -2.00 e. The Labute approximate surface area is 64.4 Å². The number of hydrogen-bond donors (Lipinski definition) is 0. The van der Waals surface area contributed by atoms with E-state index in [2.05, 4.69) is 0 Å². The molecular formula is CoCrCuS+5. The van der Waals surface area contributed by atoms with Gasteiger partial charge in [-0.2, -0.15) is 0 Å². The van der Waals surface area contributed by atoms with E-state index in [0.717, 1.165) is 0 Å². The molecule has 27 valence electrons. The van der Waals surface area contributed by atoms with Crippen LogP contribution in [0.4, 0.5) is 0 Å². The summed E-state index contributed by atoms with van der Waals surface area (Å²) in [4.78, 5) is 0. The van der Waals surface area contributed by atoms with Gasteiger partial charge in [0.2, 0.25) is 0 Å². The third-order valence-electron chi connectivity index (χ3n) is 0. The van der Waals surface area contributed by atoms with Crippen LogP contribution < -0.4 is 0 Å². The Morgan fingerprint density at radius 3 is 1.00 bits per heavy atom. The zero-order valence-electron chi connectivity index (χ0n) is 1.45. The van der Waals surface area contributed by atoms with E-state index < -0.39 is 0 Å². The molecule has 0 amide bonds. The van der Waals surface area contributed by atoms with Gasteiger partial charge in [0.1, 0.15) is 0 Å². The summed E-state index contributed by atoms with van der Waals surface area (Å²) in [6.07, 6.45) is 0. The molecule has 0 fully saturated rings. The second kappa shape index (κ2) is 20.6. The Morgan fingerprint density at radius 2 is 1.00 bits per heavy atom. The van der Waals surface area contributed by atoms with Gasteiger partial charge in [0.25, 0.3) is 0 Å². The number of hydrogen-bond acceptors (Lipinski definition) is 0. The maximum atomic E-state index is 0. The SMILES string of the molecule is [Co+2].[Cr+3].[Cu+2].[S-2]. The molecule has 0 rings (SSSR count). The van der Waals surface area contributed by atoms with Crippen LogP contribution in [0.3, 0.4) is 0 Å². The molecule has 0 spiro atoms. The minimum atomic E-state index is 0. The first-order valence-electron chi connectivity index (χ1n) is 0. The summed E-state index contributed by atoms with van der Waals surface area (Å²) < 4.78 is 0. The van der Waals surface area contributed by atoms with Crippen molar-refractivity contribution in [2.45, 2.75) is 0 Å². The van der Waals surface area contributed by atoms with Gasteiger partial charge in [0.05, 0.1) is 0 Å². The molecule has 0 aromatic carbocycles. The first-order valence-corrected chi connectivity index (χ1v) is 0. The largest absolute Gasteiger partial charge is 3.00 e. The van der Waals surface area contributed by atoms with Gasteiger partial charge in [0, 0.05) is 0 Å². The zero-order chi connectivity index (χ0) is 0. The molecule has 4 heteroatoms. The summed E-state index contributed by atoms with van der Waals surface area (Å²) in [5.41, 5.74) is 0. The van der Waals surface area contributed by atoms with E-state index in [0.29, 0.717) is 0 Å². The average Bonchev–Trinajstić information content (AvgIpc) is 0. The topological polar surface area (TPSA) is 0 Å². The van der Waals surface area contributed by atoms with E-state index in [1.54, 1.807) is 0 Å². The molecule has 0 bridgehead atoms. The Bertz CT molecular complexity index is 8.00. The predicted octanol–water partition coefficient (Wildman–Crippen LogP) is -0.00990. The van der Waals surface area contributed by atoms with Crippen LogP contribution in [-0.4, -0.2) is 0 Å². The van der Waals surface area contributed by atoms with Gasteiger partial charge in [-0.15, -0.1) is 0 Å². The summed E-state index contributed by atoms with van der Waals surface area (Å²) in [7, 11) is 0. The van der Waals surface area contributed by atoms with Gasteiger partial charge in [-0.25, -0.2) is 0 Å². The van der Waals surface area contributed by atoms with E-state index >= 15 is 0 Å². The van der Waals surface area contributed by atoms with Crippen molar-refractivity contribution in [3.05, 3.63) is 0 Å². The van der Waals surface area contributed by atoms with Crippen molar-refractivity contribution in [1.29, 1.82) is 0 Å². The first kappa shape index (κ1) is 39.1. The molecule has 0 aliphatic heterocycles. The molecule has 3 radical (unpaired) electrons. The van der Waals surface area contributed by atoms with Gasteiger partial charge in [0.15, 0.2) is 0 Å². The van der Waals surface area contributed by atoms with E-state index in [-0.39, 0.29) is 64.7 Å². The van der Waals surface area contributed by atoms with Gasteiger partial charge < -0.3 is 13.5 Å². The van der Waals surface area contributed by atoms with E-state index in [1.807, 2.05) is 0 Å². The Hall–Kier alpha value is 1.91. The zero-order valence-corrected chi connectivity index (χ0v) is 5.53. The van der Waals surface area contributed by atoms with Crippen molar-refractivity contribution in [3.8, 4) is 0 Å². The summed E-state index contributed by atoms with van der Waals surface area (Å²) >= 11 is 0. The van der Waals surface area contributed by atoms with Crippen LogP contribution >= 0.6 is 0 Å². The van der Waals surface area contributed by atoms with E-state index in [1.165, 1.54) is 0 Å². The molecule has 0 saturated carbocycles. The maximum absolute atomic E-state index is 0. The molecule has 0 aliphatic carbocycles. The second-order valence-electron chi connectivity index (χ2n) is 0. The quantitative estimate of drug-likeness (QED) is 0.489. The fourth-order valence-electron chi connectivity index (χ4n) is 0. The smallest absolute Gasteiger partial charge is 2.00 e. The van der Waals surface area contributed by atoms with E-state index in [9.17, 15) is 0 Å². The molecule has 0 saturated heterocycles. The van der Waals surface area contributed by atoms with Gasteiger partial charge >= 0.3 is 51.2 Å². The molecule has 0 aromatic rings. The third-order valence-corrected chi connectivity index (χ3v) is 0. The van der Waals surface area contributed by atoms with Crippen LogP contribution in [0.2, 0.25) is 0 Å². The first-order chi connectivity index (χ1) is 0. The fourth-order valence-corrected chi connectivity index (χ4v) is 0. The molecule has 0 unspecified atom stereocenters. The Kier molecular flexibility index (Phi) is 201. The van der Waals surface area contributed by atoms with Crippen molar-refractivity contribution < 1.29 is 51.2 Å². The summed E-state index contributed by atoms with van der Waals surface area (Å²) in [6.45, 7) is 0. The van der Waals surface area contributed by atoms with Gasteiger partial charge in [-0.3, -0.25) is 0 Å². The summed E-state index contributed by atoms with van der Waals surface area (Å²) in [6, 6.07) is 0. The molecule has 0 aromatic heterocycles. The number of rotatable bonds is 0. The van der Waals surface area contributed by atoms with Gasteiger partial charge in [-0.1, -0.05) is 0 Å². The van der Waals surface area contributed by atoms with Crippen molar-refractivity contribution >= 4 is 13.5 Å². The molecule has 0 aliphatic rings. The van der Waals surface area contributed by atoms with Crippen molar-refractivity contribution in [2.75, 3.05) is 0 Å². The molecule has 0 N–H and O–H groups in total.